The second-order valence-electron chi connectivity index (χ2n) is 2.56. The van der Waals surface area contributed by atoms with Gasteiger partial charge < -0.3 is 26.9 Å². The average molecular weight is 204 g/mol. The maximum absolute atomic E-state index is 9.46. The minimum Gasteiger partial charge on any atom is -0.506 e. The van der Waals surface area contributed by atoms with Gasteiger partial charge in [-0.2, -0.15) is 0 Å². The van der Waals surface area contributed by atoms with E-state index < -0.39 is 0 Å². The Bertz CT molecular complexity index is 291. The number of aliphatic hydroxyl groups excluding tert-OH is 1. The van der Waals surface area contributed by atoms with Crippen molar-refractivity contribution < 1.29 is 21.2 Å². The van der Waals surface area contributed by atoms with Crippen LogP contribution >= 0.6 is 0 Å². The molecule has 0 amide bonds. The number of hydrogen-bond acceptors (Lipinski definition) is 4. The summed E-state index contributed by atoms with van der Waals surface area (Å²) in [5, 5.41) is 18.3. The van der Waals surface area contributed by atoms with Crippen molar-refractivity contribution in [1.29, 1.82) is 0 Å². The lowest BCUT2D eigenvalue weighted by Crippen LogP contribution is -2.04. The highest BCUT2D eigenvalue weighted by Gasteiger charge is 2.08. The summed E-state index contributed by atoms with van der Waals surface area (Å²) in [5.41, 5.74) is 7.09. The van der Waals surface area contributed by atoms with E-state index in [1.807, 2.05) is 0 Å². The van der Waals surface area contributed by atoms with Gasteiger partial charge in [-0.1, -0.05) is 0 Å². The Kier molecular flexibility index (Phi) is 6.84. The van der Waals surface area contributed by atoms with Crippen LogP contribution in [0.1, 0.15) is 16.8 Å². The Morgan fingerprint density at radius 2 is 2.00 bits per heavy atom. The van der Waals surface area contributed by atoms with Gasteiger partial charge in [-0.25, -0.2) is 0 Å². The van der Waals surface area contributed by atoms with E-state index in [2.05, 4.69) is 4.98 Å². The minimum absolute atomic E-state index is 0. The summed E-state index contributed by atoms with van der Waals surface area (Å²) in [5.74, 6) is 0.0871. The molecule has 8 N–H and O–H groups in total. The topological polar surface area (TPSA) is 142 Å². The van der Waals surface area contributed by atoms with Crippen LogP contribution in [0.2, 0.25) is 0 Å². The fourth-order valence-corrected chi connectivity index (χ4v) is 1.05. The van der Waals surface area contributed by atoms with Gasteiger partial charge in [0.15, 0.2) is 0 Å². The van der Waals surface area contributed by atoms with E-state index >= 15 is 0 Å². The Hall–Kier alpha value is -1.21. The second-order valence-corrected chi connectivity index (χ2v) is 2.56. The van der Waals surface area contributed by atoms with E-state index in [1.54, 1.807) is 6.92 Å². The number of aliphatic hydroxyl groups is 1. The predicted octanol–water partition coefficient (Wildman–Crippen LogP) is -1.60. The molecule has 0 atom stereocenters. The predicted molar refractivity (Wildman–Crippen MR) is 51.7 cm³/mol. The van der Waals surface area contributed by atoms with Crippen LogP contribution in [0.5, 0.6) is 5.75 Å². The third kappa shape index (κ3) is 2.64. The van der Waals surface area contributed by atoms with Crippen molar-refractivity contribution in [3.05, 3.63) is 23.0 Å². The van der Waals surface area contributed by atoms with E-state index in [-0.39, 0.29) is 29.9 Å². The zero-order chi connectivity index (χ0) is 9.14. The number of aromatic nitrogens is 1. The molecule has 0 aliphatic carbocycles. The average Bonchev–Trinajstić information content (AvgIpc) is 2.09. The largest absolute Gasteiger partial charge is 0.506 e. The zero-order valence-corrected chi connectivity index (χ0v) is 7.91. The van der Waals surface area contributed by atoms with Gasteiger partial charge in [0, 0.05) is 23.9 Å². The van der Waals surface area contributed by atoms with Gasteiger partial charge in [0.2, 0.25) is 0 Å². The van der Waals surface area contributed by atoms with Crippen molar-refractivity contribution in [2.24, 2.45) is 5.73 Å². The summed E-state index contributed by atoms with van der Waals surface area (Å²) in [6.45, 7) is 1.76. The highest BCUT2D eigenvalue weighted by Crippen LogP contribution is 2.22. The molecule has 0 aliphatic heterocycles. The van der Waals surface area contributed by atoms with E-state index in [0.29, 0.717) is 16.8 Å². The van der Waals surface area contributed by atoms with E-state index in [1.165, 1.54) is 6.20 Å². The van der Waals surface area contributed by atoms with Crippen LogP contribution in [0.15, 0.2) is 6.20 Å². The van der Waals surface area contributed by atoms with Crippen molar-refractivity contribution >= 4 is 0 Å². The molecular weight excluding hydrogens is 188 g/mol. The second kappa shape index (κ2) is 6.28. The van der Waals surface area contributed by atoms with E-state index in [0.717, 1.165) is 0 Å². The maximum Gasteiger partial charge on any atom is 0.141 e. The fraction of sp³-hybridized carbons (Fsp3) is 0.375. The first-order chi connectivity index (χ1) is 5.70. The molecule has 0 aliphatic rings. The maximum atomic E-state index is 9.46. The highest BCUT2D eigenvalue weighted by molar-refractivity contribution is 5.40. The van der Waals surface area contributed by atoms with Crippen molar-refractivity contribution in [2.45, 2.75) is 20.1 Å². The van der Waals surface area contributed by atoms with Crippen LogP contribution in [-0.2, 0) is 13.2 Å². The Labute approximate surface area is 81.6 Å². The normalized spacial score (nSPS) is 8.79. The molecule has 0 aromatic carbocycles. The van der Waals surface area contributed by atoms with E-state index in [4.69, 9.17) is 10.8 Å². The summed E-state index contributed by atoms with van der Waals surface area (Å²) in [6, 6.07) is 0. The Balaban J connectivity index is 0. The van der Waals surface area contributed by atoms with Gasteiger partial charge in [0.25, 0.3) is 0 Å². The molecule has 0 saturated heterocycles. The highest BCUT2D eigenvalue weighted by atomic mass is 16.3. The van der Waals surface area contributed by atoms with Gasteiger partial charge in [0.05, 0.1) is 12.3 Å². The first-order valence-electron chi connectivity index (χ1n) is 3.68. The van der Waals surface area contributed by atoms with Crippen molar-refractivity contribution in [2.75, 3.05) is 0 Å². The third-order valence-corrected chi connectivity index (χ3v) is 1.80. The molecule has 0 bridgehead atoms. The van der Waals surface area contributed by atoms with Crippen LogP contribution in [-0.4, -0.2) is 26.1 Å². The smallest absolute Gasteiger partial charge is 0.141 e. The molecule has 0 radical (unpaired) electrons. The molecule has 1 rings (SSSR count). The molecule has 0 fully saturated rings. The van der Waals surface area contributed by atoms with Crippen LogP contribution in [0.25, 0.3) is 0 Å². The molecule has 1 aromatic heterocycles. The summed E-state index contributed by atoms with van der Waals surface area (Å²) < 4.78 is 0. The van der Waals surface area contributed by atoms with Crippen molar-refractivity contribution in [1.82, 2.24) is 4.98 Å². The van der Waals surface area contributed by atoms with Crippen molar-refractivity contribution in [3.8, 4) is 5.75 Å². The third-order valence-electron chi connectivity index (χ3n) is 1.80. The quantitative estimate of drug-likeness (QED) is 0.532. The van der Waals surface area contributed by atoms with Gasteiger partial charge in [-0.05, 0) is 6.92 Å². The summed E-state index contributed by atoms with van der Waals surface area (Å²) in [4.78, 5) is 3.89. The number of aryl methyl sites for hydroxylation is 1. The summed E-state index contributed by atoms with van der Waals surface area (Å²) in [7, 11) is 0. The Morgan fingerprint density at radius 3 is 2.43 bits per heavy atom. The standard InChI is InChI=1S/C8H12N2O2.2H2O/c1-5-8(12)7(2-9)6(4-11)3-10-5;;/h3,11-12H,2,4,9H2,1H3;2*1H2. The number of nitrogens with two attached hydrogens (primary N) is 1. The first-order valence-corrected chi connectivity index (χ1v) is 3.68. The Morgan fingerprint density at radius 1 is 1.43 bits per heavy atom. The molecule has 0 saturated carbocycles. The lowest BCUT2D eigenvalue weighted by molar-refractivity contribution is 0.279. The molecule has 1 heterocycles. The summed E-state index contributed by atoms with van der Waals surface area (Å²) in [6.07, 6.45) is 1.53. The molecule has 82 valence electrons. The first kappa shape index (κ1) is 15.3. The van der Waals surface area contributed by atoms with Gasteiger partial charge >= 0.3 is 0 Å². The molecule has 1 aromatic rings. The SMILES string of the molecule is Cc1ncc(CO)c(CN)c1O.O.O. The van der Waals surface area contributed by atoms with Gasteiger partial charge in [-0.3, -0.25) is 4.98 Å². The summed E-state index contributed by atoms with van der Waals surface area (Å²) >= 11 is 0. The van der Waals surface area contributed by atoms with Gasteiger partial charge in [0.1, 0.15) is 5.75 Å². The van der Waals surface area contributed by atoms with Gasteiger partial charge in [-0.15, -0.1) is 0 Å². The number of rotatable bonds is 2. The number of aromatic hydroxyl groups is 1. The lowest BCUT2D eigenvalue weighted by Gasteiger charge is -2.08. The van der Waals surface area contributed by atoms with Crippen LogP contribution < -0.4 is 5.73 Å². The molecule has 0 unspecified atom stereocenters. The molecule has 0 spiro atoms. The molecule has 6 nitrogen and oxygen atoms in total. The number of pyridine rings is 1. The number of hydrogen-bond donors (Lipinski definition) is 3. The molecular formula is C8H16N2O4. The minimum atomic E-state index is -0.145. The van der Waals surface area contributed by atoms with Crippen LogP contribution in [0.3, 0.4) is 0 Å². The van der Waals surface area contributed by atoms with Crippen molar-refractivity contribution in [3.63, 3.8) is 0 Å². The monoisotopic (exact) mass is 204 g/mol. The van der Waals surface area contributed by atoms with Crippen LogP contribution in [0, 0.1) is 6.92 Å². The number of nitrogens with zero attached hydrogens (tertiary/aromatic N) is 1. The lowest BCUT2D eigenvalue weighted by atomic mass is 10.1. The van der Waals surface area contributed by atoms with E-state index in [9.17, 15) is 5.11 Å². The molecule has 14 heavy (non-hydrogen) atoms. The van der Waals surface area contributed by atoms with Crippen LogP contribution in [0.4, 0.5) is 0 Å². The molecule has 6 heteroatoms. The fourth-order valence-electron chi connectivity index (χ4n) is 1.05. The zero-order valence-electron chi connectivity index (χ0n) is 7.91.